The predicted octanol–water partition coefficient (Wildman–Crippen LogP) is 4.27. The van der Waals surface area contributed by atoms with E-state index in [4.69, 9.17) is 14.9 Å². The Labute approximate surface area is 136 Å². The van der Waals surface area contributed by atoms with E-state index in [1.807, 2.05) is 47.3 Å². The SMILES string of the molecule is c1ccc(COC2(n3nc4ccccc4n3)CCCCC2)cc1. The average molecular weight is 307 g/mol. The van der Waals surface area contributed by atoms with Crippen molar-refractivity contribution in [1.82, 2.24) is 15.0 Å². The maximum atomic E-state index is 6.41. The molecule has 118 valence electrons. The zero-order chi connectivity index (χ0) is 15.5. The zero-order valence-electron chi connectivity index (χ0n) is 13.2. The van der Waals surface area contributed by atoms with Crippen LogP contribution in [-0.2, 0) is 17.1 Å². The predicted molar refractivity (Wildman–Crippen MR) is 89.8 cm³/mol. The summed E-state index contributed by atoms with van der Waals surface area (Å²) in [5.74, 6) is 0. The van der Waals surface area contributed by atoms with Gasteiger partial charge in [0.1, 0.15) is 11.0 Å². The van der Waals surface area contributed by atoms with Crippen molar-refractivity contribution in [3.05, 3.63) is 60.2 Å². The quantitative estimate of drug-likeness (QED) is 0.723. The topological polar surface area (TPSA) is 39.9 Å². The molecule has 0 atom stereocenters. The zero-order valence-corrected chi connectivity index (χ0v) is 13.2. The Hall–Kier alpha value is -2.20. The molecule has 23 heavy (non-hydrogen) atoms. The van der Waals surface area contributed by atoms with Gasteiger partial charge >= 0.3 is 0 Å². The van der Waals surface area contributed by atoms with Gasteiger partial charge in [0, 0.05) is 0 Å². The fraction of sp³-hybridized carbons (Fsp3) is 0.368. The minimum Gasteiger partial charge on any atom is -0.347 e. The molecule has 1 aliphatic rings. The van der Waals surface area contributed by atoms with E-state index in [1.54, 1.807) is 0 Å². The van der Waals surface area contributed by atoms with Crippen LogP contribution >= 0.6 is 0 Å². The average Bonchev–Trinajstić information content (AvgIpc) is 3.07. The van der Waals surface area contributed by atoms with Gasteiger partial charge in [0.15, 0.2) is 5.72 Å². The number of aromatic nitrogens is 3. The van der Waals surface area contributed by atoms with Crippen molar-refractivity contribution in [3.63, 3.8) is 0 Å². The first kappa shape index (κ1) is 14.4. The van der Waals surface area contributed by atoms with Crippen molar-refractivity contribution in [3.8, 4) is 0 Å². The first-order chi connectivity index (χ1) is 11.4. The molecule has 0 unspecified atom stereocenters. The maximum absolute atomic E-state index is 6.41. The molecule has 4 nitrogen and oxygen atoms in total. The summed E-state index contributed by atoms with van der Waals surface area (Å²) < 4.78 is 6.41. The first-order valence-corrected chi connectivity index (χ1v) is 8.36. The molecule has 0 radical (unpaired) electrons. The summed E-state index contributed by atoms with van der Waals surface area (Å²) in [6.45, 7) is 0.596. The number of ether oxygens (including phenoxy) is 1. The summed E-state index contributed by atoms with van der Waals surface area (Å²) in [4.78, 5) is 1.83. The molecule has 0 saturated heterocycles. The van der Waals surface area contributed by atoms with Gasteiger partial charge in [-0.1, -0.05) is 48.9 Å². The van der Waals surface area contributed by atoms with Gasteiger partial charge in [-0.3, -0.25) is 0 Å². The van der Waals surface area contributed by atoms with Gasteiger partial charge in [0.05, 0.1) is 6.61 Å². The molecule has 0 aliphatic heterocycles. The lowest BCUT2D eigenvalue weighted by Crippen LogP contribution is -2.40. The summed E-state index contributed by atoms with van der Waals surface area (Å²) in [5, 5.41) is 9.40. The fourth-order valence-electron chi connectivity index (χ4n) is 3.34. The maximum Gasteiger partial charge on any atom is 0.180 e. The van der Waals surface area contributed by atoms with Crippen LogP contribution < -0.4 is 0 Å². The van der Waals surface area contributed by atoms with Crippen molar-refractivity contribution in [2.24, 2.45) is 0 Å². The number of benzene rings is 2. The van der Waals surface area contributed by atoms with E-state index in [1.165, 1.54) is 12.0 Å². The van der Waals surface area contributed by atoms with E-state index in [-0.39, 0.29) is 0 Å². The van der Waals surface area contributed by atoms with Crippen LogP contribution in [0.1, 0.15) is 37.7 Å². The van der Waals surface area contributed by atoms with Crippen LogP contribution in [-0.4, -0.2) is 15.0 Å². The van der Waals surface area contributed by atoms with Crippen LogP contribution in [0.4, 0.5) is 0 Å². The van der Waals surface area contributed by atoms with Crippen molar-refractivity contribution in [2.45, 2.75) is 44.4 Å². The summed E-state index contributed by atoms with van der Waals surface area (Å²) in [5.41, 5.74) is 2.64. The van der Waals surface area contributed by atoms with Gasteiger partial charge < -0.3 is 4.74 Å². The van der Waals surface area contributed by atoms with Gasteiger partial charge in [-0.2, -0.15) is 15.0 Å². The molecule has 1 aromatic heterocycles. The van der Waals surface area contributed by atoms with Crippen molar-refractivity contribution < 1.29 is 4.74 Å². The van der Waals surface area contributed by atoms with E-state index < -0.39 is 5.72 Å². The molecule has 1 heterocycles. The van der Waals surface area contributed by atoms with E-state index >= 15 is 0 Å². The Bertz CT molecular complexity index is 742. The molecule has 0 N–H and O–H groups in total. The first-order valence-electron chi connectivity index (χ1n) is 8.36. The lowest BCUT2D eigenvalue weighted by atomic mass is 9.92. The minimum atomic E-state index is -0.410. The van der Waals surface area contributed by atoms with Gasteiger partial charge in [-0.05, 0) is 43.4 Å². The molecule has 0 amide bonds. The van der Waals surface area contributed by atoms with E-state index in [0.717, 1.165) is 36.7 Å². The Kier molecular flexibility index (Phi) is 3.83. The largest absolute Gasteiger partial charge is 0.347 e. The monoisotopic (exact) mass is 307 g/mol. The molecular weight excluding hydrogens is 286 g/mol. The number of hydrogen-bond acceptors (Lipinski definition) is 3. The molecule has 0 spiro atoms. The normalized spacial score (nSPS) is 17.4. The third-order valence-electron chi connectivity index (χ3n) is 4.64. The highest BCUT2D eigenvalue weighted by atomic mass is 16.5. The van der Waals surface area contributed by atoms with Crippen molar-refractivity contribution in [2.75, 3.05) is 0 Å². The van der Waals surface area contributed by atoms with Crippen LogP contribution in [0.3, 0.4) is 0 Å². The van der Waals surface area contributed by atoms with Gasteiger partial charge in [-0.25, -0.2) is 0 Å². The van der Waals surface area contributed by atoms with Crippen LogP contribution in [0, 0.1) is 0 Å². The lowest BCUT2D eigenvalue weighted by molar-refractivity contribution is -0.156. The molecular formula is C19H21N3O. The molecule has 2 aromatic carbocycles. The summed E-state index contributed by atoms with van der Waals surface area (Å²) in [6, 6.07) is 18.3. The molecule has 4 rings (SSSR count). The lowest BCUT2D eigenvalue weighted by Gasteiger charge is -2.36. The molecule has 1 aliphatic carbocycles. The fourth-order valence-corrected chi connectivity index (χ4v) is 3.34. The number of rotatable bonds is 4. The third kappa shape index (κ3) is 2.86. The second-order valence-corrected chi connectivity index (χ2v) is 6.26. The summed E-state index contributed by atoms with van der Waals surface area (Å²) in [6.07, 6.45) is 5.53. The Morgan fingerprint density at radius 2 is 1.43 bits per heavy atom. The highest BCUT2D eigenvalue weighted by Crippen LogP contribution is 2.36. The van der Waals surface area contributed by atoms with Crippen molar-refractivity contribution >= 4 is 11.0 Å². The van der Waals surface area contributed by atoms with Crippen LogP contribution in [0.25, 0.3) is 11.0 Å². The van der Waals surface area contributed by atoms with Gasteiger partial charge in [-0.15, -0.1) is 0 Å². The molecule has 4 heteroatoms. The summed E-state index contributed by atoms with van der Waals surface area (Å²) in [7, 11) is 0. The standard InChI is InChI=1S/C19H21N3O/c1-3-9-16(10-4-1)15-23-19(13-7-2-8-14-19)22-20-17-11-5-6-12-18(17)21-22/h1,3-6,9-12H,2,7-8,13-15H2. The molecule has 0 bridgehead atoms. The minimum absolute atomic E-state index is 0.410. The second-order valence-electron chi connectivity index (χ2n) is 6.26. The molecule has 1 saturated carbocycles. The molecule has 3 aromatic rings. The van der Waals surface area contributed by atoms with Gasteiger partial charge in [0.25, 0.3) is 0 Å². The van der Waals surface area contributed by atoms with Crippen LogP contribution in [0.15, 0.2) is 54.6 Å². The van der Waals surface area contributed by atoms with E-state index in [2.05, 4.69) is 12.1 Å². The van der Waals surface area contributed by atoms with Gasteiger partial charge in [0.2, 0.25) is 0 Å². The van der Waals surface area contributed by atoms with E-state index in [9.17, 15) is 0 Å². The third-order valence-corrected chi connectivity index (χ3v) is 4.64. The smallest absolute Gasteiger partial charge is 0.180 e. The Morgan fingerprint density at radius 3 is 2.09 bits per heavy atom. The highest BCUT2D eigenvalue weighted by Gasteiger charge is 2.37. The van der Waals surface area contributed by atoms with Crippen LogP contribution in [0.2, 0.25) is 0 Å². The number of nitrogens with zero attached hydrogens (tertiary/aromatic N) is 3. The second kappa shape index (κ2) is 6.13. The highest BCUT2D eigenvalue weighted by molar-refractivity contribution is 5.73. The summed E-state index contributed by atoms with van der Waals surface area (Å²) >= 11 is 0. The number of fused-ring (bicyclic) bond motifs is 1. The van der Waals surface area contributed by atoms with E-state index in [0.29, 0.717) is 6.61 Å². The van der Waals surface area contributed by atoms with Crippen molar-refractivity contribution in [1.29, 1.82) is 0 Å². The van der Waals surface area contributed by atoms with Crippen LogP contribution in [0.5, 0.6) is 0 Å². The Balaban J connectivity index is 1.65. The molecule has 1 fully saturated rings. The Morgan fingerprint density at radius 1 is 0.826 bits per heavy atom. The number of hydrogen-bond donors (Lipinski definition) is 0.